The lowest BCUT2D eigenvalue weighted by Gasteiger charge is -2.08. The summed E-state index contributed by atoms with van der Waals surface area (Å²) in [5, 5.41) is 0. The lowest BCUT2D eigenvalue weighted by Crippen LogP contribution is -2.03. The van der Waals surface area contributed by atoms with Gasteiger partial charge < -0.3 is 4.74 Å². The summed E-state index contributed by atoms with van der Waals surface area (Å²) in [4.78, 5) is 12.4. The van der Waals surface area contributed by atoms with E-state index in [1.165, 1.54) is 0 Å². The summed E-state index contributed by atoms with van der Waals surface area (Å²) in [6, 6.07) is 13.0. The molecular formula is C16H15BrO2. The normalized spacial score (nSPS) is 10.3. The maximum absolute atomic E-state index is 12.4. The standard InChI is InChI=1S/C16H15BrO2/c1-3-19-13-7-8-14(15(17)10-13)16(18)12-6-4-5-11(2)9-12/h4-10H,3H2,1-2H3. The molecule has 0 amide bonds. The summed E-state index contributed by atoms with van der Waals surface area (Å²) >= 11 is 3.43. The minimum Gasteiger partial charge on any atom is -0.494 e. The van der Waals surface area contributed by atoms with Gasteiger partial charge in [0, 0.05) is 15.6 Å². The number of halogens is 1. The smallest absolute Gasteiger partial charge is 0.194 e. The molecule has 2 rings (SSSR count). The summed E-state index contributed by atoms with van der Waals surface area (Å²) in [5.41, 5.74) is 2.42. The fourth-order valence-corrected chi connectivity index (χ4v) is 2.42. The molecule has 0 radical (unpaired) electrons. The van der Waals surface area contributed by atoms with Crippen molar-refractivity contribution in [3.8, 4) is 5.75 Å². The number of hydrogen-bond donors (Lipinski definition) is 0. The van der Waals surface area contributed by atoms with E-state index in [9.17, 15) is 4.79 Å². The van der Waals surface area contributed by atoms with Gasteiger partial charge in [-0.1, -0.05) is 23.8 Å². The first kappa shape index (κ1) is 13.8. The molecule has 0 aliphatic heterocycles. The zero-order chi connectivity index (χ0) is 13.8. The van der Waals surface area contributed by atoms with Crippen molar-refractivity contribution in [2.24, 2.45) is 0 Å². The third-order valence-electron chi connectivity index (χ3n) is 2.78. The van der Waals surface area contributed by atoms with E-state index >= 15 is 0 Å². The quantitative estimate of drug-likeness (QED) is 0.782. The first-order chi connectivity index (χ1) is 9.11. The first-order valence-corrected chi connectivity index (χ1v) is 6.95. The SMILES string of the molecule is CCOc1ccc(C(=O)c2cccc(C)c2)c(Br)c1. The maximum atomic E-state index is 12.4. The van der Waals surface area contributed by atoms with Crippen LogP contribution in [0.5, 0.6) is 5.75 Å². The van der Waals surface area contributed by atoms with Crippen molar-refractivity contribution in [3.63, 3.8) is 0 Å². The van der Waals surface area contributed by atoms with Crippen molar-refractivity contribution >= 4 is 21.7 Å². The van der Waals surface area contributed by atoms with E-state index in [4.69, 9.17) is 4.74 Å². The molecule has 0 saturated heterocycles. The molecule has 0 aliphatic carbocycles. The highest BCUT2D eigenvalue weighted by atomic mass is 79.9. The molecule has 0 saturated carbocycles. The van der Waals surface area contributed by atoms with Gasteiger partial charge >= 0.3 is 0 Å². The summed E-state index contributed by atoms with van der Waals surface area (Å²) in [6.07, 6.45) is 0. The van der Waals surface area contributed by atoms with Gasteiger partial charge in [0.1, 0.15) is 5.75 Å². The van der Waals surface area contributed by atoms with E-state index in [1.807, 2.05) is 50.2 Å². The van der Waals surface area contributed by atoms with Gasteiger partial charge in [-0.15, -0.1) is 0 Å². The van der Waals surface area contributed by atoms with Crippen LogP contribution in [0, 0.1) is 6.92 Å². The Morgan fingerprint density at radius 2 is 2.00 bits per heavy atom. The third kappa shape index (κ3) is 3.24. The van der Waals surface area contributed by atoms with Crippen molar-refractivity contribution in [3.05, 3.63) is 63.6 Å². The van der Waals surface area contributed by atoms with Gasteiger partial charge in [0.15, 0.2) is 5.78 Å². The van der Waals surface area contributed by atoms with Gasteiger partial charge in [-0.3, -0.25) is 4.79 Å². The highest BCUT2D eigenvalue weighted by Crippen LogP contribution is 2.25. The predicted octanol–water partition coefficient (Wildman–Crippen LogP) is 4.39. The van der Waals surface area contributed by atoms with Crippen LogP contribution in [0.3, 0.4) is 0 Å². The zero-order valence-corrected chi connectivity index (χ0v) is 12.5. The molecular weight excluding hydrogens is 304 g/mol. The second-order valence-electron chi connectivity index (χ2n) is 4.27. The van der Waals surface area contributed by atoms with E-state index in [0.717, 1.165) is 15.8 Å². The number of carbonyl (C=O) groups excluding carboxylic acids is 1. The van der Waals surface area contributed by atoms with Gasteiger partial charge in [0.25, 0.3) is 0 Å². The van der Waals surface area contributed by atoms with Crippen LogP contribution in [0.4, 0.5) is 0 Å². The van der Waals surface area contributed by atoms with Crippen LogP contribution in [-0.2, 0) is 0 Å². The summed E-state index contributed by atoms with van der Waals surface area (Å²) in [5.74, 6) is 0.772. The minimum absolute atomic E-state index is 0.0126. The van der Waals surface area contributed by atoms with E-state index in [2.05, 4.69) is 15.9 Å². The molecule has 0 aromatic heterocycles. The van der Waals surface area contributed by atoms with Crippen LogP contribution >= 0.6 is 15.9 Å². The van der Waals surface area contributed by atoms with Crippen LogP contribution in [-0.4, -0.2) is 12.4 Å². The molecule has 0 unspecified atom stereocenters. The van der Waals surface area contributed by atoms with Crippen molar-refractivity contribution < 1.29 is 9.53 Å². The third-order valence-corrected chi connectivity index (χ3v) is 3.43. The van der Waals surface area contributed by atoms with Crippen molar-refractivity contribution in [1.82, 2.24) is 0 Å². The van der Waals surface area contributed by atoms with Crippen molar-refractivity contribution in [1.29, 1.82) is 0 Å². The zero-order valence-electron chi connectivity index (χ0n) is 10.9. The molecule has 3 heteroatoms. The molecule has 0 atom stereocenters. The number of rotatable bonds is 4. The van der Waals surface area contributed by atoms with E-state index in [-0.39, 0.29) is 5.78 Å². The van der Waals surface area contributed by atoms with Crippen molar-refractivity contribution in [2.45, 2.75) is 13.8 Å². The molecule has 0 aliphatic rings. The molecule has 2 aromatic carbocycles. The van der Waals surface area contributed by atoms with Crippen LogP contribution in [0.1, 0.15) is 28.4 Å². The monoisotopic (exact) mass is 318 g/mol. The second kappa shape index (κ2) is 6.02. The molecule has 0 N–H and O–H groups in total. The highest BCUT2D eigenvalue weighted by Gasteiger charge is 2.13. The molecule has 0 heterocycles. The largest absolute Gasteiger partial charge is 0.494 e. The predicted molar refractivity (Wildman–Crippen MR) is 79.9 cm³/mol. The van der Waals surface area contributed by atoms with E-state index in [0.29, 0.717) is 17.7 Å². The number of benzene rings is 2. The lowest BCUT2D eigenvalue weighted by molar-refractivity contribution is 0.103. The Kier molecular flexibility index (Phi) is 4.38. The Morgan fingerprint density at radius 3 is 2.63 bits per heavy atom. The van der Waals surface area contributed by atoms with E-state index in [1.54, 1.807) is 6.07 Å². The van der Waals surface area contributed by atoms with Gasteiger partial charge in [0.2, 0.25) is 0 Å². The fourth-order valence-electron chi connectivity index (χ4n) is 1.88. The average Bonchev–Trinajstić information content (AvgIpc) is 2.38. The highest BCUT2D eigenvalue weighted by molar-refractivity contribution is 9.10. The number of hydrogen-bond acceptors (Lipinski definition) is 2. The molecule has 0 spiro atoms. The van der Waals surface area contributed by atoms with E-state index < -0.39 is 0 Å². The summed E-state index contributed by atoms with van der Waals surface area (Å²) in [6.45, 7) is 4.52. The minimum atomic E-state index is 0.0126. The molecule has 0 bridgehead atoms. The lowest BCUT2D eigenvalue weighted by atomic mass is 10.0. The molecule has 2 nitrogen and oxygen atoms in total. The molecule has 19 heavy (non-hydrogen) atoms. The Balaban J connectivity index is 2.34. The van der Waals surface area contributed by atoms with Crippen LogP contribution < -0.4 is 4.74 Å². The van der Waals surface area contributed by atoms with Crippen molar-refractivity contribution in [2.75, 3.05) is 6.61 Å². The number of carbonyl (C=O) groups is 1. The molecule has 98 valence electrons. The molecule has 2 aromatic rings. The van der Waals surface area contributed by atoms with Gasteiger partial charge in [-0.2, -0.15) is 0 Å². The van der Waals surface area contributed by atoms with Crippen LogP contribution in [0.2, 0.25) is 0 Å². The average molecular weight is 319 g/mol. The van der Waals surface area contributed by atoms with Gasteiger partial charge in [-0.25, -0.2) is 0 Å². The second-order valence-corrected chi connectivity index (χ2v) is 5.13. The maximum Gasteiger partial charge on any atom is 0.194 e. The number of aryl methyl sites for hydroxylation is 1. The Morgan fingerprint density at radius 1 is 1.21 bits per heavy atom. The Hall–Kier alpha value is -1.61. The molecule has 0 fully saturated rings. The topological polar surface area (TPSA) is 26.3 Å². The summed E-state index contributed by atoms with van der Waals surface area (Å²) < 4.78 is 6.16. The van der Waals surface area contributed by atoms with Gasteiger partial charge in [0.05, 0.1) is 6.61 Å². The Bertz CT molecular complexity index is 605. The number of ketones is 1. The van der Waals surface area contributed by atoms with Crippen LogP contribution in [0.15, 0.2) is 46.9 Å². The fraction of sp³-hybridized carbons (Fsp3) is 0.188. The number of ether oxygens (including phenoxy) is 1. The Labute approximate surface area is 121 Å². The van der Waals surface area contributed by atoms with Gasteiger partial charge in [-0.05, 0) is 54.0 Å². The van der Waals surface area contributed by atoms with Crippen LogP contribution in [0.25, 0.3) is 0 Å². The first-order valence-electron chi connectivity index (χ1n) is 6.15. The summed E-state index contributed by atoms with van der Waals surface area (Å²) in [7, 11) is 0.